The number of ether oxygens (including phenoxy) is 5. The van der Waals surface area contributed by atoms with Crippen molar-refractivity contribution in [2.45, 2.75) is 153 Å². The van der Waals surface area contributed by atoms with Gasteiger partial charge in [-0.1, -0.05) is 44.8 Å². The van der Waals surface area contributed by atoms with Gasteiger partial charge in [0.2, 0.25) is 0 Å². The van der Waals surface area contributed by atoms with Crippen LogP contribution in [0.15, 0.2) is 12.2 Å². The molecule has 8 heteroatoms. The fourth-order valence-corrected chi connectivity index (χ4v) is 7.62. The van der Waals surface area contributed by atoms with E-state index in [9.17, 15) is 14.7 Å². The molecule has 2 aliphatic heterocycles. The zero-order valence-corrected chi connectivity index (χ0v) is 26.8. The van der Waals surface area contributed by atoms with Crippen molar-refractivity contribution in [3.05, 3.63) is 12.2 Å². The van der Waals surface area contributed by atoms with E-state index in [1.807, 2.05) is 0 Å². The Bertz CT molecular complexity index is 841. The Morgan fingerprint density at radius 3 is 2.28 bits per heavy atom. The topological polar surface area (TPSA) is 101 Å². The summed E-state index contributed by atoms with van der Waals surface area (Å²) < 4.78 is 29.8. The van der Waals surface area contributed by atoms with Crippen molar-refractivity contribution in [3.8, 4) is 0 Å². The molecule has 2 aliphatic carbocycles. The Balaban J connectivity index is 1.45. The molecule has 0 amide bonds. The lowest BCUT2D eigenvalue weighted by Gasteiger charge is -2.35. The minimum absolute atomic E-state index is 0.0512. The number of esters is 1. The molecule has 0 bridgehead atoms. The molecule has 2 saturated heterocycles. The first-order chi connectivity index (χ1) is 21.0. The van der Waals surface area contributed by atoms with Crippen LogP contribution in [0.1, 0.15) is 122 Å². The fourth-order valence-electron chi connectivity index (χ4n) is 7.62. The van der Waals surface area contributed by atoms with Crippen LogP contribution in [0.25, 0.3) is 0 Å². The molecular formula is C35H58O8. The van der Waals surface area contributed by atoms with E-state index in [0.717, 1.165) is 63.9 Å². The van der Waals surface area contributed by atoms with Crippen molar-refractivity contribution in [1.29, 1.82) is 0 Å². The highest BCUT2D eigenvalue weighted by Crippen LogP contribution is 2.41. The van der Waals surface area contributed by atoms with Gasteiger partial charge in [0.05, 0.1) is 25.4 Å². The summed E-state index contributed by atoms with van der Waals surface area (Å²) in [7, 11) is 1.38. The molecule has 43 heavy (non-hydrogen) atoms. The summed E-state index contributed by atoms with van der Waals surface area (Å²) in [6.45, 7) is 3.73. The van der Waals surface area contributed by atoms with E-state index in [2.05, 4.69) is 19.1 Å². The molecule has 0 aromatic heterocycles. The summed E-state index contributed by atoms with van der Waals surface area (Å²) in [5.74, 6) is 0.817. The Labute approximate surface area is 259 Å². The predicted molar refractivity (Wildman–Crippen MR) is 164 cm³/mol. The average Bonchev–Trinajstić information content (AvgIpc) is 3.31. The van der Waals surface area contributed by atoms with Gasteiger partial charge in [0.15, 0.2) is 12.6 Å². The lowest BCUT2D eigenvalue weighted by atomic mass is 9.77. The van der Waals surface area contributed by atoms with Gasteiger partial charge in [-0.2, -0.15) is 0 Å². The highest BCUT2D eigenvalue weighted by Gasteiger charge is 2.44. The number of hydrogen-bond donors (Lipinski definition) is 1. The number of carbonyl (C=O) groups is 2. The van der Waals surface area contributed by atoms with E-state index >= 15 is 0 Å². The molecule has 8 nitrogen and oxygen atoms in total. The number of ketones is 1. The van der Waals surface area contributed by atoms with Crippen LogP contribution in [-0.2, 0) is 33.3 Å². The van der Waals surface area contributed by atoms with Gasteiger partial charge < -0.3 is 28.8 Å². The second-order valence-corrected chi connectivity index (χ2v) is 13.4. The van der Waals surface area contributed by atoms with Gasteiger partial charge >= 0.3 is 5.97 Å². The van der Waals surface area contributed by atoms with E-state index in [1.165, 1.54) is 32.8 Å². The van der Waals surface area contributed by atoms with Gasteiger partial charge in [-0.25, -0.2) is 0 Å². The van der Waals surface area contributed by atoms with Crippen molar-refractivity contribution in [1.82, 2.24) is 0 Å². The molecule has 0 radical (unpaired) electrons. The quantitative estimate of drug-likeness (QED) is 0.118. The first-order valence-electron chi connectivity index (χ1n) is 17.5. The fraction of sp³-hybridized carbons (Fsp3) is 0.886. The zero-order valence-electron chi connectivity index (χ0n) is 26.8. The third-order valence-corrected chi connectivity index (χ3v) is 10.2. The van der Waals surface area contributed by atoms with Gasteiger partial charge in [0.1, 0.15) is 5.78 Å². The third kappa shape index (κ3) is 11.2. The molecule has 1 N–H and O–H groups in total. The third-order valence-electron chi connectivity index (χ3n) is 10.2. The van der Waals surface area contributed by atoms with Gasteiger partial charge in [-0.05, 0) is 76.0 Å². The molecule has 4 aliphatic rings. The summed E-state index contributed by atoms with van der Waals surface area (Å²) in [6.07, 6.45) is 19.4. The highest BCUT2D eigenvalue weighted by atomic mass is 16.7. The Morgan fingerprint density at radius 1 is 0.930 bits per heavy atom. The molecule has 2 heterocycles. The van der Waals surface area contributed by atoms with Crippen LogP contribution >= 0.6 is 0 Å². The minimum atomic E-state index is -0.618. The van der Waals surface area contributed by atoms with Crippen LogP contribution in [0.3, 0.4) is 0 Å². The van der Waals surface area contributed by atoms with Gasteiger partial charge in [-0.15, -0.1) is 0 Å². The summed E-state index contributed by atoms with van der Waals surface area (Å²) in [4.78, 5) is 24.5. The van der Waals surface area contributed by atoms with Crippen LogP contribution in [0, 0.1) is 23.7 Å². The lowest BCUT2D eigenvalue weighted by molar-refractivity contribution is -0.193. The first-order valence-corrected chi connectivity index (χ1v) is 17.5. The van der Waals surface area contributed by atoms with Gasteiger partial charge in [-0.3, -0.25) is 9.59 Å². The van der Waals surface area contributed by atoms with Gasteiger partial charge in [0, 0.05) is 50.7 Å². The largest absolute Gasteiger partial charge is 0.469 e. The van der Waals surface area contributed by atoms with Crippen molar-refractivity contribution >= 4 is 11.8 Å². The van der Waals surface area contributed by atoms with Crippen LogP contribution in [0.5, 0.6) is 0 Å². The maximum absolute atomic E-state index is 13.1. The summed E-state index contributed by atoms with van der Waals surface area (Å²) in [5.41, 5.74) is 0. The summed E-state index contributed by atoms with van der Waals surface area (Å²) >= 11 is 0. The molecule has 2 unspecified atom stereocenters. The Hall–Kier alpha value is -1.32. The van der Waals surface area contributed by atoms with Crippen LogP contribution < -0.4 is 0 Å². The molecule has 2 saturated carbocycles. The van der Waals surface area contributed by atoms with E-state index in [4.69, 9.17) is 23.7 Å². The maximum atomic E-state index is 13.1. The second kappa shape index (κ2) is 18.6. The standard InChI is InChI=1S/C35H58O8/c1-3-10-25-15-17-26(18-16-25)31(42-34-13-6-8-21-40-34)20-19-28-29(23-27(36)11-4-5-12-33(38)39-2)30(37)24-32(28)43-35-14-7-9-22-41-35/h19-20,25-26,28-32,34-35,37H,3-18,21-24H2,1-2H3/b20-19+/t25?,26?,28-,29-,30+,31-,32-,34?,35?/m1/s1. The van der Waals surface area contributed by atoms with Crippen molar-refractivity contribution in [3.63, 3.8) is 0 Å². The van der Waals surface area contributed by atoms with E-state index in [1.54, 1.807) is 0 Å². The molecule has 7 atom stereocenters. The minimum Gasteiger partial charge on any atom is -0.469 e. The van der Waals surface area contributed by atoms with Crippen LogP contribution in [0.2, 0.25) is 0 Å². The summed E-state index contributed by atoms with van der Waals surface area (Å²) in [5, 5.41) is 11.2. The Morgan fingerprint density at radius 2 is 1.63 bits per heavy atom. The number of rotatable bonds is 16. The SMILES string of the molecule is CCCC1CCC([C@@H](/C=C/[C@@H]2[C@@H](CC(=O)CCCCC(=O)OC)[C@@H](O)C[C@H]2OC2CCCCO2)OC2CCCCO2)CC1. The molecule has 4 rings (SSSR count). The molecule has 0 spiro atoms. The maximum Gasteiger partial charge on any atom is 0.305 e. The number of methoxy groups -OCH3 is 1. The number of aliphatic hydroxyl groups excluding tert-OH is 1. The normalized spacial score (nSPS) is 34.3. The average molecular weight is 607 g/mol. The molecule has 0 aromatic rings. The van der Waals surface area contributed by atoms with Crippen molar-refractivity contribution in [2.75, 3.05) is 20.3 Å². The second-order valence-electron chi connectivity index (χ2n) is 13.4. The molecule has 4 fully saturated rings. The smallest absolute Gasteiger partial charge is 0.305 e. The molecule has 246 valence electrons. The number of aliphatic hydroxyl groups is 1. The van der Waals surface area contributed by atoms with Crippen LogP contribution in [-0.4, -0.2) is 68.1 Å². The number of Topliss-reactive ketones (excluding diaryl/α,β-unsaturated/α-hetero) is 1. The highest BCUT2D eigenvalue weighted by molar-refractivity contribution is 5.79. The van der Waals surface area contributed by atoms with E-state index in [-0.39, 0.29) is 48.4 Å². The van der Waals surface area contributed by atoms with Gasteiger partial charge in [0.25, 0.3) is 0 Å². The monoisotopic (exact) mass is 606 g/mol. The van der Waals surface area contributed by atoms with Crippen LogP contribution in [0.4, 0.5) is 0 Å². The number of unbranched alkanes of at least 4 members (excludes halogenated alkanes) is 1. The lowest BCUT2D eigenvalue weighted by Crippen LogP contribution is -2.34. The first kappa shape index (κ1) is 34.6. The van der Waals surface area contributed by atoms with Crippen molar-refractivity contribution in [2.24, 2.45) is 23.7 Å². The predicted octanol–water partition coefficient (Wildman–Crippen LogP) is 6.66. The number of carbonyl (C=O) groups excluding carboxylic acids is 2. The summed E-state index contributed by atoms with van der Waals surface area (Å²) in [6, 6.07) is 0. The Kier molecular flexibility index (Phi) is 14.9. The molecule has 0 aromatic carbocycles. The van der Waals surface area contributed by atoms with E-state index in [0.29, 0.717) is 51.0 Å². The van der Waals surface area contributed by atoms with E-state index < -0.39 is 6.10 Å². The zero-order chi connectivity index (χ0) is 30.4. The van der Waals surface area contributed by atoms with Crippen molar-refractivity contribution < 1.29 is 38.4 Å². The molecular weight excluding hydrogens is 548 g/mol. The number of hydrogen-bond acceptors (Lipinski definition) is 8.